The van der Waals surface area contributed by atoms with Crippen LogP contribution >= 0.6 is 12.9 Å². The van der Waals surface area contributed by atoms with Crippen LogP contribution in [0.5, 0.6) is 0 Å². The molecule has 1 aliphatic heterocycles. The maximum Gasteiger partial charge on any atom is 0.502 e. The largest absolute Gasteiger partial charge is 0.502 e. The van der Waals surface area contributed by atoms with E-state index in [1.165, 1.54) is 29.6 Å². The second-order valence-corrected chi connectivity index (χ2v) is 5.82. The van der Waals surface area contributed by atoms with Crippen LogP contribution in [0.1, 0.15) is 12.8 Å². The summed E-state index contributed by atoms with van der Waals surface area (Å²) in [5.74, 6) is 0. The van der Waals surface area contributed by atoms with Gasteiger partial charge in [0.15, 0.2) is 0 Å². The van der Waals surface area contributed by atoms with Crippen LogP contribution in [0.15, 0.2) is 10.3 Å². The third-order valence-electron chi connectivity index (χ3n) is 1.83. The first-order valence-corrected chi connectivity index (χ1v) is 8.38. The molecule has 1 aliphatic rings. The number of halogens is 1. The second-order valence-electron chi connectivity index (χ2n) is 2.87. The van der Waals surface area contributed by atoms with Crippen LogP contribution in [0.2, 0.25) is 0 Å². The molecule has 0 spiro atoms. The van der Waals surface area contributed by atoms with Crippen molar-refractivity contribution >= 4 is 31.1 Å². The van der Waals surface area contributed by atoms with Crippen molar-refractivity contribution in [2.75, 3.05) is 19.6 Å². The van der Waals surface area contributed by atoms with Crippen molar-refractivity contribution in [2.45, 2.75) is 12.8 Å². The van der Waals surface area contributed by atoms with Gasteiger partial charge in [-0.3, -0.25) is 12.9 Å². The van der Waals surface area contributed by atoms with Crippen LogP contribution in [-0.2, 0) is 0 Å². The molecular weight excluding hydrogens is 202 g/mol. The van der Waals surface area contributed by atoms with Crippen molar-refractivity contribution in [3.8, 4) is 0 Å². The fraction of sp³-hybridized carbons (Fsp3) is 0.714. The molecule has 0 aromatic rings. The molecule has 0 bridgehead atoms. The molecule has 0 saturated carbocycles. The Bertz CT molecular complexity index is 121. The zero-order chi connectivity index (χ0) is 7.40. The van der Waals surface area contributed by atoms with Crippen LogP contribution in [0.25, 0.3) is 0 Å². The van der Waals surface area contributed by atoms with E-state index in [2.05, 4.69) is 24.4 Å². The lowest BCUT2D eigenvalue weighted by Crippen LogP contribution is -2.22. The summed E-state index contributed by atoms with van der Waals surface area (Å²) in [5, 5.41) is 0. The molecule has 54 valence electrons. The summed E-state index contributed by atoms with van der Waals surface area (Å²) < 4.78 is 1.43. The van der Waals surface area contributed by atoms with E-state index in [4.69, 9.17) is 0 Å². The standard InChI is InChI=1S/C7H12N.BrH.Mg/c1-2-5-8-6-3-4-7-8;;/h1,3-7H2;1H;/q;;+1/p-1. The lowest BCUT2D eigenvalue weighted by Gasteiger charge is -2.14. The van der Waals surface area contributed by atoms with E-state index in [0.717, 1.165) is 6.54 Å². The Morgan fingerprint density at radius 1 is 1.50 bits per heavy atom. The molecule has 0 aromatic carbocycles. The van der Waals surface area contributed by atoms with Gasteiger partial charge in [0.25, 0.3) is 0 Å². The highest BCUT2D eigenvalue weighted by atomic mass is 79.9. The highest BCUT2D eigenvalue weighted by Crippen LogP contribution is 2.08. The van der Waals surface area contributed by atoms with Gasteiger partial charge in [-0.1, -0.05) is 0 Å². The predicted octanol–water partition coefficient (Wildman–Crippen LogP) is 1.61. The van der Waals surface area contributed by atoms with Crippen LogP contribution < -0.4 is 0 Å². The first-order chi connectivity index (χ1) is 4.83. The minimum atomic E-state index is -0.119. The highest BCUT2D eigenvalue weighted by Gasteiger charge is 2.11. The predicted molar refractivity (Wildman–Crippen MR) is 49.5 cm³/mol. The maximum absolute atomic E-state index is 4.01. The molecule has 0 N–H and O–H groups in total. The highest BCUT2D eigenvalue weighted by molar-refractivity contribution is 9.23. The van der Waals surface area contributed by atoms with Crippen molar-refractivity contribution in [3.63, 3.8) is 0 Å². The van der Waals surface area contributed by atoms with Crippen molar-refractivity contribution in [1.82, 2.24) is 4.90 Å². The number of rotatable bonds is 3. The Kier molecular flexibility index (Phi) is 4.29. The summed E-state index contributed by atoms with van der Waals surface area (Å²) in [6, 6.07) is 0. The van der Waals surface area contributed by atoms with E-state index in [-0.39, 0.29) is 18.2 Å². The smallest absolute Gasteiger partial charge is 0.302 e. The van der Waals surface area contributed by atoms with Gasteiger partial charge < -0.3 is 4.90 Å². The number of nitrogens with zero attached hydrogens (tertiary/aromatic N) is 1. The van der Waals surface area contributed by atoms with Crippen LogP contribution in [0.4, 0.5) is 0 Å². The molecule has 0 unspecified atom stereocenters. The number of hydrogen-bond donors (Lipinski definition) is 0. The van der Waals surface area contributed by atoms with Gasteiger partial charge in [-0.15, -0.1) is 6.58 Å². The van der Waals surface area contributed by atoms with E-state index in [1.54, 1.807) is 0 Å². The molecule has 0 radical (unpaired) electrons. The Morgan fingerprint density at radius 2 is 2.10 bits per heavy atom. The molecule has 1 rings (SSSR count). The molecule has 0 amide bonds. The molecule has 0 atom stereocenters. The molecule has 1 saturated heterocycles. The van der Waals surface area contributed by atoms with Gasteiger partial charge in [0.2, 0.25) is 0 Å². The third kappa shape index (κ3) is 2.90. The Morgan fingerprint density at radius 3 is 2.60 bits per heavy atom. The fourth-order valence-electron chi connectivity index (χ4n) is 1.30. The summed E-state index contributed by atoms with van der Waals surface area (Å²) in [4.78, 5) is 2.50. The molecule has 0 aromatic heterocycles. The van der Waals surface area contributed by atoms with Crippen LogP contribution in [-0.4, -0.2) is 42.7 Å². The van der Waals surface area contributed by atoms with E-state index in [9.17, 15) is 0 Å². The van der Waals surface area contributed by atoms with Gasteiger partial charge in [-0.25, -0.2) is 0 Å². The van der Waals surface area contributed by atoms with E-state index in [1.807, 2.05) is 0 Å². The quantitative estimate of drug-likeness (QED) is 0.645. The number of likely N-dealkylation sites (tertiary alicyclic amines) is 1. The summed E-state index contributed by atoms with van der Waals surface area (Å²) in [6.07, 6.45) is 2.77. The minimum absolute atomic E-state index is 0.119. The summed E-state index contributed by atoms with van der Waals surface area (Å²) in [5.41, 5.74) is 0. The molecule has 0 aliphatic carbocycles. The van der Waals surface area contributed by atoms with E-state index in [0.29, 0.717) is 0 Å². The van der Waals surface area contributed by atoms with E-state index < -0.39 is 0 Å². The molecule has 1 fully saturated rings. The van der Waals surface area contributed by atoms with Gasteiger partial charge in [0, 0.05) is 0 Å². The summed E-state index contributed by atoms with van der Waals surface area (Å²) >= 11 is 3.42. The average molecular weight is 214 g/mol. The first-order valence-electron chi connectivity index (χ1n) is 3.78. The zero-order valence-electron chi connectivity index (χ0n) is 6.27. The molecule has 1 nitrogen and oxygen atoms in total. The SMILES string of the molecule is C=[C](CN1CCCC1)[Mg][Br]. The Labute approximate surface area is 78.4 Å². The second kappa shape index (κ2) is 4.75. The molecule has 3 heteroatoms. The normalized spacial score (nSPS) is 18.9. The van der Waals surface area contributed by atoms with E-state index >= 15 is 0 Å². The van der Waals surface area contributed by atoms with Crippen molar-refractivity contribution in [2.24, 2.45) is 0 Å². The molecule has 1 heterocycles. The van der Waals surface area contributed by atoms with Crippen LogP contribution in [0.3, 0.4) is 0 Å². The first kappa shape index (κ1) is 9.04. The van der Waals surface area contributed by atoms with Gasteiger partial charge in [0.05, 0.1) is 0 Å². The third-order valence-corrected chi connectivity index (χ3v) is 4.82. The summed E-state index contributed by atoms with van der Waals surface area (Å²) in [7, 11) is 0. The monoisotopic (exact) mass is 213 g/mol. The topological polar surface area (TPSA) is 3.24 Å². The Hall–Kier alpha value is 0.946. The fourth-order valence-corrected chi connectivity index (χ4v) is 2.23. The van der Waals surface area contributed by atoms with Gasteiger partial charge >= 0.3 is 18.2 Å². The van der Waals surface area contributed by atoms with Crippen molar-refractivity contribution < 1.29 is 0 Å². The van der Waals surface area contributed by atoms with Gasteiger partial charge in [0.1, 0.15) is 0 Å². The molecule has 10 heavy (non-hydrogen) atoms. The zero-order valence-corrected chi connectivity index (χ0v) is 9.28. The van der Waals surface area contributed by atoms with Crippen molar-refractivity contribution in [1.29, 1.82) is 0 Å². The van der Waals surface area contributed by atoms with Gasteiger partial charge in [-0.2, -0.15) is 3.70 Å². The lowest BCUT2D eigenvalue weighted by atomic mass is 10.4. The van der Waals surface area contributed by atoms with Crippen molar-refractivity contribution in [3.05, 3.63) is 10.3 Å². The Balaban J connectivity index is 2.17. The average Bonchev–Trinajstić information content (AvgIpc) is 2.40. The minimum Gasteiger partial charge on any atom is -0.302 e. The van der Waals surface area contributed by atoms with Crippen LogP contribution in [0, 0.1) is 0 Å². The molecular formula is C7H12BrMgN. The summed E-state index contributed by atoms with van der Waals surface area (Å²) in [6.45, 7) is 7.74. The maximum atomic E-state index is 4.01. The van der Waals surface area contributed by atoms with Gasteiger partial charge in [-0.05, 0) is 32.5 Å². The number of hydrogen-bond acceptors (Lipinski definition) is 1. The lowest BCUT2D eigenvalue weighted by molar-refractivity contribution is 0.374.